The van der Waals surface area contributed by atoms with Crippen LogP contribution in [-0.2, 0) is 27.4 Å². The number of pyridine rings is 1. The van der Waals surface area contributed by atoms with Crippen molar-refractivity contribution in [1.29, 1.82) is 0 Å². The van der Waals surface area contributed by atoms with Gasteiger partial charge in [0, 0.05) is 11.1 Å². The molecule has 6 nitrogen and oxygen atoms in total. The number of rotatable bonds is 6. The molecule has 2 aromatic heterocycles. The van der Waals surface area contributed by atoms with Crippen LogP contribution in [0.5, 0.6) is 0 Å². The van der Waals surface area contributed by atoms with Crippen LogP contribution < -0.4 is 0 Å². The number of nitrogens with zero attached hydrogens (tertiary/aromatic N) is 3. The van der Waals surface area contributed by atoms with Crippen LogP contribution in [0.15, 0.2) is 20.3 Å². The Morgan fingerprint density at radius 3 is 2.46 bits per heavy atom. The topological polar surface area (TPSA) is 92.5 Å². The maximum Gasteiger partial charge on any atom is 0.258 e. The lowest BCUT2D eigenvalue weighted by molar-refractivity contribution is -0.117. The van der Waals surface area contributed by atoms with E-state index in [0.29, 0.717) is 22.5 Å². The van der Waals surface area contributed by atoms with Crippen molar-refractivity contribution in [2.24, 2.45) is 4.36 Å². The standard InChI is InChI=1S/C19H26FN3O3S2/c1-10(2)16-12(17(11(3)4)21-8-13(16)20)7-15(24)23-28(26)18-22-14(9-27-18)19(5,6)25/h8-11,25,28H,7H2,1-6H3. The second-order valence-electron chi connectivity index (χ2n) is 7.71. The summed E-state index contributed by atoms with van der Waals surface area (Å²) in [6.45, 7) is 10.7. The molecule has 0 saturated carbocycles. The Morgan fingerprint density at radius 1 is 1.32 bits per heavy atom. The third-order valence-corrected chi connectivity index (χ3v) is 6.41. The molecule has 0 aromatic carbocycles. The fraction of sp³-hybridized carbons (Fsp3) is 0.526. The Bertz CT molecular complexity index is 956. The Hall–Kier alpha value is -1.71. The third kappa shape index (κ3) is 5.21. The van der Waals surface area contributed by atoms with Crippen LogP contribution in [0, 0.1) is 5.82 Å². The highest BCUT2D eigenvalue weighted by Gasteiger charge is 2.22. The number of hydrogen-bond acceptors (Lipinski definition) is 6. The highest BCUT2D eigenvalue weighted by atomic mass is 32.2. The van der Waals surface area contributed by atoms with E-state index in [1.165, 1.54) is 6.20 Å². The molecular weight excluding hydrogens is 401 g/mol. The summed E-state index contributed by atoms with van der Waals surface area (Å²) in [7, 11) is -2.39. The van der Waals surface area contributed by atoms with Gasteiger partial charge >= 0.3 is 0 Å². The summed E-state index contributed by atoms with van der Waals surface area (Å²) in [5, 5.41) is 11.6. The molecule has 1 atom stereocenters. The van der Waals surface area contributed by atoms with Crippen molar-refractivity contribution < 1.29 is 18.5 Å². The van der Waals surface area contributed by atoms with Crippen molar-refractivity contribution in [1.82, 2.24) is 9.97 Å². The molecular formula is C19H26FN3O3S2. The molecule has 1 N–H and O–H groups in total. The van der Waals surface area contributed by atoms with Crippen LogP contribution in [0.1, 0.15) is 75.9 Å². The summed E-state index contributed by atoms with van der Waals surface area (Å²) in [5.41, 5.74) is 0.800. The fourth-order valence-corrected chi connectivity index (χ4v) is 4.73. The molecule has 1 amide bonds. The van der Waals surface area contributed by atoms with Gasteiger partial charge in [0.2, 0.25) is 0 Å². The zero-order valence-electron chi connectivity index (χ0n) is 16.9. The summed E-state index contributed by atoms with van der Waals surface area (Å²) < 4.78 is 30.7. The first-order valence-corrected chi connectivity index (χ1v) is 11.1. The van der Waals surface area contributed by atoms with Gasteiger partial charge in [-0.05, 0) is 36.8 Å². The van der Waals surface area contributed by atoms with Gasteiger partial charge in [0.05, 0.1) is 28.9 Å². The number of carbonyl (C=O) groups is 1. The number of carbonyl (C=O) groups excluding carboxylic acids is 1. The Kier molecular flexibility index (Phi) is 7.06. The highest BCUT2D eigenvalue weighted by molar-refractivity contribution is 7.77. The van der Waals surface area contributed by atoms with Gasteiger partial charge in [-0.3, -0.25) is 9.78 Å². The van der Waals surface area contributed by atoms with Crippen molar-refractivity contribution >= 4 is 27.8 Å². The first-order chi connectivity index (χ1) is 12.9. The van der Waals surface area contributed by atoms with E-state index >= 15 is 0 Å². The van der Waals surface area contributed by atoms with Gasteiger partial charge in [-0.1, -0.05) is 27.7 Å². The molecule has 154 valence electrons. The van der Waals surface area contributed by atoms with Crippen molar-refractivity contribution in [3.8, 4) is 0 Å². The van der Waals surface area contributed by atoms with Crippen LogP contribution in [-0.4, -0.2) is 25.2 Å². The van der Waals surface area contributed by atoms with Gasteiger partial charge in [-0.15, -0.1) is 11.3 Å². The zero-order chi connectivity index (χ0) is 21.2. The van der Waals surface area contributed by atoms with Crippen LogP contribution in [0.3, 0.4) is 0 Å². The first kappa shape index (κ1) is 22.6. The lowest BCUT2D eigenvalue weighted by Gasteiger charge is -2.18. The molecule has 9 heteroatoms. The van der Waals surface area contributed by atoms with Crippen LogP contribution in [0.2, 0.25) is 0 Å². The molecule has 2 heterocycles. The van der Waals surface area contributed by atoms with E-state index in [9.17, 15) is 18.5 Å². The molecule has 0 aliphatic carbocycles. The Morgan fingerprint density at radius 2 is 1.96 bits per heavy atom. The van der Waals surface area contributed by atoms with E-state index in [1.807, 2.05) is 27.7 Å². The van der Waals surface area contributed by atoms with Gasteiger partial charge in [0.25, 0.3) is 5.91 Å². The molecule has 0 bridgehead atoms. The van der Waals surface area contributed by atoms with Gasteiger partial charge in [-0.2, -0.15) is 4.36 Å². The van der Waals surface area contributed by atoms with Gasteiger partial charge in [0.1, 0.15) is 11.4 Å². The van der Waals surface area contributed by atoms with E-state index in [-0.39, 0.29) is 22.6 Å². The number of halogens is 1. The van der Waals surface area contributed by atoms with Crippen LogP contribution in [0.25, 0.3) is 0 Å². The molecule has 0 radical (unpaired) electrons. The monoisotopic (exact) mass is 427 g/mol. The van der Waals surface area contributed by atoms with E-state index in [4.69, 9.17) is 0 Å². The van der Waals surface area contributed by atoms with Gasteiger partial charge in [-0.25, -0.2) is 13.6 Å². The van der Waals surface area contributed by atoms with Gasteiger partial charge in [0.15, 0.2) is 4.34 Å². The summed E-state index contributed by atoms with van der Waals surface area (Å²) in [6, 6.07) is 0. The second kappa shape index (κ2) is 8.75. The number of thiol groups is 1. The predicted octanol–water partition coefficient (Wildman–Crippen LogP) is 3.94. The largest absolute Gasteiger partial charge is 0.384 e. The van der Waals surface area contributed by atoms with Crippen molar-refractivity contribution in [3.63, 3.8) is 0 Å². The molecule has 0 aliphatic rings. The highest BCUT2D eigenvalue weighted by Crippen LogP contribution is 2.29. The molecule has 28 heavy (non-hydrogen) atoms. The molecule has 1 unspecified atom stereocenters. The van der Waals surface area contributed by atoms with E-state index in [1.54, 1.807) is 19.2 Å². The molecule has 0 saturated heterocycles. The Balaban J connectivity index is 2.37. The first-order valence-electron chi connectivity index (χ1n) is 8.99. The van der Waals surface area contributed by atoms with Gasteiger partial charge < -0.3 is 5.11 Å². The van der Waals surface area contributed by atoms with Crippen LogP contribution >= 0.6 is 11.3 Å². The summed E-state index contributed by atoms with van der Waals surface area (Å²) in [6.07, 6.45) is 1.01. The van der Waals surface area contributed by atoms with Crippen LogP contribution in [0.4, 0.5) is 4.39 Å². The number of aliphatic hydroxyl groups is 1. The fourth-order valence-electron chi connectivity index (χ4n) is 2.83. The number of amides is 1. The number of hydrogen-bond donors (Lipinski definition) is 2. The lowest BCUT2D eigenvalue weighted by atomic mass is 9.90. The maximum atomic E-state index is 14.3. The third-order valence-electron chi connectivity index (χ3n) is 4.15. The number of thiazole rings is 1. The minimum atomic E-state index is -2.39. The average molecular weight is 428 g/mol. The average Bonchev–Trinajstić information content (AvgIpc) is 3.04. The number of aromatic nitrogens is 2. The summed E-state index contributed by atoms with van der Waals surface area (Å²) >= 11 is 1.08. The zero-order valence-corrected chi connectivity index (χ0v) is 18.6. The quantitative estimate of drug-likeness (QED) is 0.681. The predicted molar refractivity (Wildman–Crippen MR) is 109 cm³/mol. The lowest BCUT2D eigenvalue weighted by Crippen LogP contribution is -2.15. The minimum Gasteiger partial charge on any atom is -0.384 e. The molecule has 0 spiro atoms. The Labute approximate surface area is 170 Å². The summed E-state index contributed by atoms with van der Waals surface area (Å²) in [5.74, 6) is -1.20. The van der Waals surface area contributed by atoms with E-state index < -0.39 is 27.9 Å². The van der Waals surface area contributed by atoms with E-state index in [0.717, 1.165) is 11.3 Å². The summed E-state index contributed by atoms with van der Waals surface area (Å²) in [4.78, 5) is 20.8. The van der Waals surface area contributed by atoms with E-state index in [2.05, 4.69) is 14.3 Å². The van der Waals surface area contributed by atoms with Crippen molar-refractivity contribution in [2.45, 2.75) is 69.7 Å². The molecule has 0 fully saturated rings. The van der Waals surface area contributed by atoms with Crippen molar-refractivity contribution in [3.05, 3.63) is 39.9 Å². The SMILES string of the molecule is CC(C)c1ncc(F)c(C(C)C)c1CC(=O)/N=[SH](=O)/c1nc(C(C)(C)O)cs1. The second-order valence-corrected chi connectivity index (χ2v) is 10.0. The maximum absolute atomic E-state index is 14.3. The minimum absolute atomic E-state index is 0.00275. The normalized spacial score (nSPS) is 13.5. The molecule has 2 aromatic rings. The van der Waals surface area contributed by atoms with Crippen molar-refractivity contribution in [2.75, 3.05) is 0 Å². The molecule has 0 aliphatic heterocycles. The smallest absolute Gasteiger partial charge is 0.258 e. The molecule has 2 rings (SSSR count).